The zero-order valence-corrected chi connectivity index (χ0v) is 10.7. The number of ketones is 1. The van der Waals surface area contributed by atoms with Crippen molar-refractivity contribution in [2.24, 2.45) is 5.41 Å². The minimum absolute atomic E-state index is 0.0789. The van der Waals surface area contributed by atoms with Crippen molar-refractivity contribution in [3.63, 3.8) is 0 Å². The highest BCUT2D eigenvalue weighted by Gasteiger charge is 2.49. The van der Waals surface area contributed by atoms with E-state index in [9.17, 15) is 9.59 Å². The van der Waals surface area contributed by atoms with Crippen molar-refractivity contribution in [3.8, 4) is 0 Å². The first-order chi connectivity index (χ1) is 8.58. The highest BCUT2D eigenvalue weighted by atomic mass is 16.5. The van der Waals surface area contributed by atoms with Gasteiger partial charge in [-0.1, -0.05) is 18.2 Å². The van der Waals surface area contributed by atoms with E-state index in [4.69, 9.17) is 4.74 Å². The van der Waals surface area contributed by atoms with Crippen molar-refractivity contribution in [1.29, 1.82) is 0 Å². The van der Waals surface area contributed by atoms with Gasteiger partial charge in [0.2, 0.25) is 0 Å². The van der Waals surface area contributed by atoms with Gasteiger partial charge in [-0.15, -0.1) is 0 Å². The molecule has 0 aromatic heterocycles. The van der Waals surface area contributed by atoms with Gasteiger partial charge in [-0.2, -0.15) is 0 Å². The van der Waals surface area contributed by atoms with E-state index in [-0.39, 0.29) is 12.3 Å². The molecular weight excluding hydrogens is 230 g/mol. The van der Waals surface area contributed by atoms with Gasteiger partial charge in [-0.25, -0.2) is 0 Å². The summed E-state index contributed by atoms with van der Waals surface area (Å²) >= 11 is 0. The standard InChI is InChI=1S/C14H17NO3/c1-3-18-13(17)14(2)10-15(9-12(14)16)11-7-5-4-6-8-11/h4-8H,3,9-10H2,1-2H3. The Labute approximate surface area is 107 Å². The van der Waals surface area contributed by atoms with Gasteiger partial charge in [-0.05, 0) is 26.0 Å². The lowest BCUT2D eigenvalue weighted by Gasteiger charge is -2.22. The molecule has 1 aliphatic rings. The monoisotopic (exact) mass is 247 g/mol. The quantitative estimate of drug-likeness (QED) is 0.602. The van der Waals surface area contributed by atoms with Crippen LogP contribution in [0.25, 0.3) is 0 Å². The van der Waals surface area contributed by atoms with Crippen LogP contribution in [0.2, 0.25) is 0 Å². The molecule has 0 radical (unpaired) electrons. The Bertz CT molecular complexity index is 457. The summed E-state index contributed by atoms with van der Waals surface area (Å²) in [7, 11) is 0. The highest BCUT2D eigenvalue weighted by molar-refractivity contribution is 6.08. The Balaban J connectivity index is 2.19. The zero-order valence-electron chi connectivity index (χ0n) is 10.7. The predicted octanol–water partition coefficient (Wildman–Crippen LogP) is 1.65. The van der Waals surface area contributed by atoms with Crippen LogP contribution in [0.4, 0.5) is 5.69 Å². The molecule has 1 aliphatic heterocycles. The van der Waals surface area contributed by atoms with E-state index >= 15 is 0 Å². The van der Waals surface area contributed by atoms with Crippen molar-refractivity contribution in [2.75, 3.05) is 24.6 Å². The molecule has 1 fully saturated rings. The number of anilines is 1. The van der Waals surface area contributed by atoms with Crippen LogP contribution in [0.15, 0.2) is 30.3 Å². The molecule has 1 unspecified atom stereocenters. The van der Waals surface area contributed by atoms with Gasteiger partial charge in [0, 0.05) is 12.2 Å². The second kappa shape index (κ2) is 4.80. The maximum absolute atomic E-state index is 12.1. The Morgan fingerprint density at radius 2 is 2.06 bits per heavy atom. The van der Waals surface area contributed by atoms with E-state index in [1.54, 1.807) is 13.8 Å². The number of Topliss-reactive ketones (excluding diaryl/α,β-unsaturated/α-hetero) is 1. The number of hydrogen-bond donors (Lipinski definition) is 0. The molecule has 1 heterocycles. The van der Waals surface area contributed by atoms with Crippen LogP contribution >= 0.6 is 0 Å². The van der Waals surface area contributed by atoms with Gasteiger partial charge in [-0.3, -0.25) is 9.59 Å². The second-order valence-corrected chi connectivity index (χ2v) is 4.67. The summed E-state index contributed by atoms with van der Waals surface area (Å²) in [5.74, 6) is -0.502. The molecule has 96 valence electrons. The first-order valence-electron chi connectivity index (χ1n) is 6.08. The third-order valence-electron chi connectivity index (χ3n) is 3.30. The molecule has 0 bridgehead atoms. The Kier molecular flexibility index (Phi) is 3.36. The van der Waals surface area contributed by atoms with Crippen molar-refractivity contribution < 1.29 is 14.3 Å². The predicted molar refractivity (Wildman–Crippen MR) is 68.4 cm³/mol. The number of para-hydroxylation sites is 1. The largest absolute Gasteiger partial charge is 0.465 e. The molecule has 18 heavy (non-hydrogen) atoms. The molecule has 0 amide bonds. The summed E-state index contributed by atoms with van der Waals surface area (Å²) in [6, 6.07) is 9.62. The average molecular weight is 247 g/mol. The van der Waals surface area contributed by atoms with E-state index in [0.29, 0.717) is 13.2 Å². The summed E-state index contributed by atoms with van der Waals surface area (Å²) in [5.41, 5.74) is -0.0786. The Morgan fingerprint density at radius 3 is 2.67 bits per heavy atom. The van der Waals surface area contributed by atoms with E-state index in [1.165, 1.54) is 0 Å². The average Bonchev–Trinajstić information content (AvgIpc) is 2.69. The lowest BCUT2D eigenvalue weighted by atomic mass is 9.89. The van der Waals surface area contributed by atoms with Crippen LogP contribution in [0, 0.1) is 5.41 Å². The zero-order chi connectivity index (χ0) is 13.2. The molecule has 0 N–H and O–H groups in total. The van der Waals surface area contributed by atoms with Crippen molar-refractivity contribution in [2.45, 2.75) is 13.8 Å². The fourth-order valence-electron chi connectivity index (χ4n) is 2.16. The number of carbonyl (C=O) groups excluding carboxylic acids is 2. The molecule has 1 aromatic carbocycles. The number of carbonyl (C=O) groups is 2. The normalized spacial score (nSPS) is 23.2. The van der Waals surface area contributed by atoms with Crippen LogP contribution in [-0.2, 0) is 14.3 Å². The summed E-state index contributed by atoms with van der Waals surface area (Å²) < 4.78 is 5.00. The minimum atomic E-state index is -1.04. The molecule has 1 aromatic rings. The summed E-state index contributed by atoms with van der Waals surface area (Å²) in [4.78, 5) is 25.9. The first-order valence-corrected chi connectivity index (χ1v) is 6.08. The van der Waals surface area contributed by atoms with Gasteiger partial charge in [0.15, 0.2) is 5.78 Å². The van der Waals surface area contributed by atoms with Crippen LogP contribution in [0.5, 0.6) is 0 Å². The lowest BCUT2D eigenvalue weighted by molar-refractivity contribution is -0.156. The van der Waals surface area contributed by atoms with Gasteiger partial charge in [0.25, 0.3) is 0 Å². The molecule has 0 saturated carbocycles. The highest BCUT2D eigenvalue weighted by Crippen LogP contribution is 2.31. The molecule has 2 rings (SSSR count). The fourth-order valence-corrected chi connectivity index (χ4v) is 2.16. The van der Waals surface area contributed by atoms with Gasteiger partial charge in [0.05, 0.1) is 13.2 Å². The van der Waals surface area contributed by atoms with E-state index < -0.39 is 11.4 Å². The molecule has 0 aliphatic carbocycles. The Morgan fingerprint density at radius 1 is 1.39 bits per heavy atom. The van der Waals surface area contributed by atoms with E-state index in [2.05, 4.69) is 0 Å². The summed E-state index contributed by atoms with van der Waals surface area (Å²) in [6.07, 6.45) is 0. The third-order valence-corrected chi connectivity index (χ3v) is 3.30. The van der Waals surface area contributed by atoms with Crippen LogP contribution < -0.4 is 4.90 Å². The number of ether oxygens (including phenoxy) is 1. The SMILES string of the molecule is CCOC(=O)C1(C)CN(c2ccccc2)CC1=O. The van der Waals surface area contributed by atoms with E-state index in [0.717, 1.165) is 5.69 Å². The summed E-state index contributed by atoms with van der Waals surface area (Å²) in [6.45, 7) is 4.35. The second-order valence-electron chi connectivity index (χ2n) is 4.67. The van der Waals surface area contributed by atoms with Crippen LogP contribution in [-0.4, -0.2) is 31.4 Å². The number of rotatable bonds is 3. The number of hydrogen-bond acceptors (Lipinski definition) is 4. The maximum Gasteiger partial charge on any atom is 0.321 e. The molecule has 1 saturated heterocycles. The number of esters is 1. The van der Waals surface area contributed by atoms with Gasteiger partial charge < -0.3 is 9.64 Å². The van der Waals surface area contributed by atoms with Gasteiger partial charge in [0.1, 0.15) is 5.41 Å². The molecule has 4 heteroatoms. The van der Waals surface area contributed by atoms with E-state index in [1.807, 2.05) is 35.2 Å². The molecule has 4 nitrogen and oxygen atoms in total. The van der Waals surface area contributed by atoms with Crippen molar-refractivity contribution >= 4 is 17.4 Å². The van der Waals surface area contributed by atoms with Crippen LogP contribution in [0.1, 0.15) is 13.8 Å². The Hall–Kier alpha value is -1.84. The maximum atomic E-state index is 12.1. The molecular formula is C14H17NO3. The summed E-state index contributed by atoms with van der Waals surface area (Å²) in [5, 5.41) is 0. The van der Waals surface area contributed by atoms with Gasteiger partial charge >= 0.3 is 5.97 Å². The van der Waals surface area contributed by atoms with Crippen LogP contribution in [0.3, 0.4) is 0 Å². The topological polar surface area (TPSA) is 46.6 Å². The smallest absolute Gasteiger partial charge is 0.321 e. The first kappa shape index (κ1) is 12.6. The number of nitrogens with zero attached hydrogens (tertiary/aromatic N) is 1. The molecule has 1 atom stereocenters. The lowest BCUT2D eigenvalue weighted by Crippen LogP contribution is -2.38. The van der Waals surface area contributed by atoms with Crippen molar-refractivity contribution in [3.05, 3.63) is 30.3 Å². The molecule has 0 spiro atoms. The fraction of sp³-hybridized carbons (Fsp3) is 0.429. The third kappa shape index (κ3) is 2.10. The number of benzene rings is 1. The minimum Gasteiger partial charge on any atom is -0.465 e. The van der Waals surface area contributed by atoms with Crippen molar-refractivity contribution in [1.82, 2.24) is 0 Å².